The highest BCUT2D eigenvalue weighted by atomic mass is 16.2. The third-order valence-corrected chi connectivity index (χ3v) is 9.33. The van der Waals surface area contributed by atoms with E-state index in [1.807, 2.05) is 115 Å². The van der Waals surface area contributed by atoms with Gasteiger partial charge < -0.3 is 0 Å². The summed E-state index contributed by atoms with van der Waals surface area (Å²) in [5.74, 6) is -1.86. The molecule has 244 valence electrons. The highest BCUT2D eigenvalue weighted by Gasteiger charge is 2.31. The van der Waals surface area contributed by atoms with E-state index in [0.29, 0.717) is 11.4 Å². The van der Waals surface area contributed by atoms with E-state index < -0.39 is 0 Å². The number of rotatable bonds is 8. The molecule has 51 heavy (non-hydrogen) atoms. The number of hydrogen-bond acceptors (Lipinski definition) is 4. The second-order valence-electron chi connectivity index (χ2n) is 12.4. The summed E-state index contributed by atoms with van der Waals surface area (Å²) in [7, 11) is 0. The number of amides is 4. The van der Waals surface area contributed by atoms with Crippen molar-refractivity contribution in [3.05, 3.63) is 193 Å². The monoisotopic (exact) mass is 662 g/mol. The Bertz CT molecular complexity index is 2220. The molecule has 2 aliphatic rings. The number of hydrogen-bond donors (Lipinski definition) is 0. The van der Waals surface area contributed by atoms with E-state index in [-0.39, 0.29) is 29.5 Å². The Labute approximate surface area is 295 Å². The van der Waals surface area contributed by atoms with Crippen LogP contribution in [0.2, 0.25) is 0 Å². The molecule has 0 saturated heterocycles. The van der Waals surface area contributed by atoms with Crippen LogP contribution in [0, 0.1) is 0 Å². The van der Waals surface area contributed by atoms with Gasteiger partial charge in [-0.3, -0.25) is 19.2 Å². The summed E-state index contributed by atoms with van der Waals surface area (Å²) in [5.41, 5.74) is 9.26. The lowest BCUT2D eigenvalue weighted by Crippen LogP contribution is -2.30. The molecule has 0 radical (unpaired) electrons. The van der Waals surface area contributed by atoms with E-state index in [1.165, 1.54) is 34.1 Å². The minimum absolute atomic E-state index is 0.311. The first-order valence-electron chi connectivity index (χ1n) is 16.6. The van der Waals surface area contributed by atoms with Gasteiger partial charge in [0.15, 0.2) is 0 Å². The van der Waals surface area contributed by atoms with Gasteiger partial charge in [0.1, 0.15) is 0 Å². The van der Waals surface area contributed by atoms with Crippen molar-refractivity contribution in [1.82, 2.24) is 0 Å². The first-order chi connectivity index (χ1) is 25.0. The minimum Gasteiger partial charge on any atom is -0.269 e. The fourth-order valence-corrected chi connectivity index (χ4v) is 6.91. The summed E-state index contributed by atoms with van der Waals surface area (Å²) in [5, 5.41) is 0. The summed E-state index contributed by atoms with van der Waals surface area (Å²) in [6.07, 6.45) is 5.17. The van der Waals surface area contributed by atoms with Crippen molar-refractivity contribution in [3.63, 3.8) is 0 Å². The van der Waals surface area contributed by atoms with Gasteiger partial charge in [0.2, 0.25) is 0 Å². The van der Waals surface area contributed by atoms with Crippen molar-refractivity contribution in [1.29, 1.82) is 0 Å². The highest BCUT2D eigenvalue weighted by Crippen LogP contribution is 2.42. The molecule has 0 atom stereocenters. The molecule has 6 aromatic carbocycles. The van der Waals surface area contributed by atoms with Crippen molar-refractivity contribution in [2.45, 2.75) is 5.92 Å². The van der Waals surface area contributed by atoms with Gasteiger partial charge in [-0.25, -0.2) is 9.80 Å². The van der Waals surface area contributed by atoms with Crippen molar-refractivity contribution >= 4 is 35.0 Å². The second kappa shape index (κ2) is 13.2. The summed E-state index contributed by atoms with van der Waals surface area (Å²) >= 11 is 0. The number of imide groups is 2. The molecule has 0 unspecified atom stereocenters. The molecule has 0 aromatic heterocycles. The Hall–Kier alpha value is -6.92. The molecule has 0 bridgehead atoms. The maximum atomic E-state index is 12.9. The lowest BCUT2D eigenvalue weighted by atomic mass is 9.82. The fourth-order valence-electron chi connectivity index (χ4n) is 6.91. The zero-order valence-electron chi connectivity index (χ0n) is 27.3. The number of nitrogens with zero attached hydrogens (tertiary/aromatic N) is 2. The fraction of sp³-hybridized carbons (Fsp3) is 0.0222. The summed E-state index contributed by atoms with van der Waals surface area (Å²) in [6.45, 7) is 0. The third kappa shape index (κ3) is 5.89. The van der Waals surface area contributed by atoms with Crippen LogP contribution in [0.5, 0.6) is 0 Å². The molecule has 0 fully saturated rings. The predicted molar refractivity (Wildman–Crippen MR) is 200 cm³/mol. The molecular weight excluding hydrogens is 633 g/mol. The quantitative estimate of drug-likeness (QED) is 0.121. The topological polar surface area (TPSA) is 74.8 Å². The molecule has 6 aromatic rings. The molecule has 0 spiro atoms. The third-order valence-electron chi connectivity index (χ3n) is 9.33. The molecule has 0 N–H and O–H groups in total. The normalized spacial score (nSPS) is 14.0. The number of carbonyl (C=O) groups is 4. The summed E-state index contributed by atoms with van der Waals surface area (Å²) in [6, 6.07) is 49.8. The van der Waals surface area contributed by atoms with Crippen LogP contribution in [-0.4, -0.2) is 23.6 Å². The van der Waals surface area contributed by atoms with Gasteiger partial charge in [-0.05, 0) is 63.2 Å². The van der Waals surface area contributed by atoms with Gasteiger partial charge in [0, 0.05) is 41.3 Å². The number of anilines is 2. The minimum atomic E-state index is -0.387. The van der Waals surface area contributed by atoms with Crippen LogP contribution in [0.15, 0.2) is 176 Å². The maximum absolute atomic E-state index is 12.9. The molecule has 2 heterocycles. The molecule has 8 rings (SSSR count). The van der Waals surface area contributed by atoms with Crippen molar-refractivity contribution in [2.24, 2.45) is 0 Å². The van der Waals surface area contributed by atoms with Gasteiger partial charge in [-0.2, -0.15) is 0 Å². The zero-order chi connectivity index (χ0) is 34.9. The predicted octanol–water partition coefficient (Wildman–Crippen LogP) is 8.73. The van der Waals surface area contributed by atoms with E-state index in [0.717, 1.165) is 50.1 Å². The van der Waals surface area contributed by atoms with Crippen molar-refractivity contribution in [2.75, 3.05) is 9.80 Å². The lowest BCUT2D eigenvalue weighted by Gasteiger charge is -2.25. The lowest BCUT2D eigenvalue weighted by molar-refractivity contribution is -0.121. The average Bonchev–Trinajstić information content (AvgIpc) is 3.70. The Morgan fingerprint density at radius 2 is 0.667 bits per heavy atom. The Kier molecular flexibility index (Phi) is 8.10. The molecule has 0 saturated carbocycles. The van der Waals surface area contributed by atoms with E-state index in [2.05, 4.69) is 36.4 Å². The van der Waals surface area contributed by atoms with Gasteiger partial charge >= 0.3 is 0 Å². The van der Waals surface area contributed by atoms with Crippen molar-refractivity contribution < 1.29 is 19.2 Å². The highest BCUT2D eigenvalue weighted by molar-refractivity contribution is 6.30. The molecule has 0 aliphatic carbocycles. The van der Waals surface area contributed by atoms with Crippen LogP contribution in [-0.2, 0) is 19.2 Å². The van der Waals surface area contributed by atoms with Crippen LogP contribution in [0.3, 0.4) is 0 Å². The van der Waals surface area contributed by atoms with E-state index in [9.17, 15) is 19.2 Å². The standard InChI is InChI=1S/C45H30N2O4/c48-41-24-25-42(49)46(41)39-22-20-35(28-37(39)32-12-6-2-7-13-32)45(34-18-16-31(17-19-34)30-10-4-1-5-11-30)36-21-23-40(47-43(50)26-27-44(47)51)38(29-36)33-14-8-3-9-15-33/h1-29,45H. The molecule has 4 amide bonds. The Balaban J connectivity index is 1.33. The van der Waals surface area contributed by atoms with Crippen LogP contribution in [0.1, 0.15) is 22.6 Å². The number of carbonyl (C=O) groups excluding carboxylic acids is 4. The van der Waals surface area contributed by atoms with E-state index in [1.54, 1.807) is 0 Å². The van der Waals surface area contributed by atoms with Crippen LogP contribution < -0.4 is 9.80 Å². The first-order valence-corrected chi connectivity index (χ1v) is 16.6. The second-order valence-corrected chi connectivity index (χ2v) is 12.4. The molecule has 2 aliphatic heterocycles. The van der Waals surface area contributed by atoms with Gasteiger partial charge in [-0.1, -0.05) is 127 Å². The molecule has 6 heteroatoms. The van der Waals surface area contributed by atoms with Crippen LogP contribution in [0.25, 0.3) is 33.4 Å². The van der Waals surface area contributed by atoms with Crippen molar-refractivity contribution in [3.8, 4) is 33.4 Å². The largest absolute Gasteiger partial charge is 0.269 e. The number of benzene rings is 6. The van der Waals surface area contributed by atoms with E-state index in [4.69, 9.17) is 0 Å². The zero-order valence-corrected chi connectivity index (χ0v) is 27.3. The first kappa shape index (κ1) is 31.4. The average molecular weight is 663 g/mol. The summed E-state index contributed by atoms with van der Waals surface area (Å²) < 4.78 is 0. The van der Waals surface area contributed by atoms with Gasteiger partial charge in [0.05, 0.1) is 11.4 Å². The molecule has 6 nitrogen and oxygen atoms in total. The smallest absolute Gasteiger partial charge is 0.258 e. The Morgan fingerprint density at radius 1 is 0.333 bits per heavy atom. The summed E-state index contributed by atoms with van der Waals surface area (Å²) in [4.78, 5) is 54.0. The van der Waals surface area contributed by atoms with Gasteiger partial charge in [-0.15, -0.1) is 0 Å². The van der Waals surface area contributed by atoms with Crippen LogP contribution in [0.4, 0.5) is 11.4 Å². The SMILES string of the molecule is O=C1C=CC(=O)N1c1ccc(C(c2ccc(-c3ccccc3)cc2)c2ccc(N3C(=O)C=CC3=O)c(-c3ccccc3)c2)cc1-c1ccccc1. The maximum Gasteiger partial charge on any atom is 0.258 e. The van der Waals surface area contributed by atoms with Crippen LogP contribution >= 0.6 is 0 Å². The van der Waals surface area contributed by atoms with Gasteiger partial charge in [0.25, 0.3) is 23.6 Å². The Morgan fingerprint density at radius 3 is 1.06 bits per heavy atom. The van der Waals surface area contributed by atoms with E-state index >= 15 is 0 Å². The molecular formula is C45H30N2O4.